The van der Waals surface area contributed by atoms with Crippen molar-refractivity contribution in [3.63, 3.8) is 0 Å². The van der Waals surface area contributed by atoms with E-state index in [0.717, 1.165) is 0 Å². The van der Waals surface area contributed by atoms with Crippen LogP contribution >= 0.6 is 0 Å². The van der Waals surface area contributed by atoms with Gasteiger partial charge in [-0.25, -0.2) is 13.9 Å². The van der Waals surface area contributed by atoms with Gasteiger partial charge in [0.25, 0.3) is 0 Å². The van der Waals surface area contributed by atoms with Crippen molar-refractivity contribution in [2.24, 2.45) is 0 Å². The molecule has 5 heteroatoms. The average Bonchev–Trinajstić information content (AvgIpc) is 1.63. The summed E-state index contributed by atoms with van der Waals surface area (Å²) in [6.45, 7) is 0.204. The normalized spacial score (nSPS) is 11.8. The van der Waals surface area contributed by atoms with Gasteiger partial charge in [0, 0.05) is 13.3 Å². The van der Waals surface area contributed by atoms with E-state index in [-0.39, 0.29) is 12.4 Å². The maximum atomic E-state index is 10.4. The lowest BCUT2D eigenvalue weighted by Crippen LogP contribution is -2.15. The number of hydroxylamine groups is 1. The molecule has 0 heterocycles. The molecule has 0 rings (SSSR count). The lowest BCUT2D eigenvalue weighted by molar-refractivity contribution is 0.0701. The van der Waals surface area contributed by atoms with Gasteiger partial charge in [0.2, 0.25) is 0 Å². The number of sulfone groups is 1. The number of nitrogens with one attached hydrogen (secondary N) is 1. The first-order valence-electron chi connectivity index (χ1n) is 2.52. The molecule has 0 saturated carbocycles. The van der Waals surface area contributed by atoms with Crippen molar-refractivity contribution in [1.82, 2.24) is 5.48 Å². The summed E-state index contributed by atoms with van der Waals surface area (Å²) >= 11 is 0. The molecule has 0 amide bonds. The molecule has 56 valence electrons. The van der Waals surface area contributed by atoms with Crippen LogP contribution in [0.3, 0.4) is 0 Å². The Balaban J connectivity index is 3.30. The highest BCUT2D eigenvalue weighted by Gasteiger charge is 1.99. The summed E-state index contributed by atoms with van der Waals surface area (Å²) in [6, 6.07) is 0. The van der Waals surface area contributed by atoms with Gasteiger partial charge in [0.05, 0.1) is 12.4 Å². The van der Waals surface area contributed by atoms with Crippen molar-refractivity contribution < 1.29 is 13.3 Å². The first kappa shape index (κ1) is 8.87. The topological polar surface area (TPSA) is 55.4 Å². The third-order valence-electron chi connectivity index (χ3n) is 0.701. The Morgan fingerprint density at radius 3 is 2.44 bits per heavy atom. The SMILES string of the molecule is CNOCCS(C)(=O)=O. The molecule has 0 aromatic heterocycles. The van der Waals surface area contributed by atoms with Gasteiger partial charge in [0.1, 0.15) is 9.84 Å². The first-order chi connectivity index (χ1) is 4.06. The van der Waals surface area contributed by atoms with Crippen molar-refractivity contribution >= 4 is 9.84 Å². The van der Waals surface area contributed by atoms with Gasteiger partial charge in [-0.1, -0.05) is 0 Å². The van der Waals surface area contributed by atoms with E-state index in [0.29, 0.717) is 0 Å². The molecular weight excluding hydrogens is 142 g/mol. The van der Waals surface area contributed by atoms with E-state index in [4.69, 9.17) is 0 Å². The predicted molar refractivity (Wildman–Crippen MR) is 34.7 cm³/mol. The lowest BCUT2D eigenvalue weighted by Gasteiger charge is -1.97. The molecule has 0 aromatic rings. The van der Waals surface area contributed by atoms with Crippen molar-refractivity contribution in [3.05, 3.63) is 0 Å². The van der Waals surface area contributed by atoms with Crippen molar-refractivity contribution in [2.75, 3.05) is 25.7 Å². The Hall–Kier alpha value is -0.130. The highest BCUT2D eigenvalue weighted by atomic mass is 32.2. The largest absolute Gasteiger partial charge is 0.301 e. The van der Waals surface area contributed by atoms with Gasteiger partial charge in [0.15, 0.2) is 0 Å². The molecule has 0 unspecified atom stereocenters. The summed E-state index contributed by atoms with van der Waals surface area (Å²) in [7, 11) is -1.28. The fraction of sp³-hybridized carbons (Fsp3) is 1.00. The minimum Gasteiger partial charge on any atom is -0.301 e. The molecule has 0 saturated heterocycles. The van der Waals surface area contributed by atoms with Crippen molar-refractivity contribution in [2.45, 2.75) is 0 Å². The second-order valence-electron chi connectivity index (χ2n) is 1.68. The van der Waals surface area contributed by atoms with Crippen LogP contribution in [-0.2, 0) is 14.7 Å². The Kier molecular flexibility index (Phi) is 3.76. The Bertz CT molecular complexity index is 151. The summed E-state index contributed by atoms with van der Waals surface area (Å²) in [6.07, 6.45) is 1.17. The fourth-order valence-electron chi connectivity index (χ4n) is 0.295. The molecule has 0 spiro atoms. The van der Waals surface area contributed by atoms with Crippen LogP contribution in [0.4, 0.5) is 0 Å². The van der Waals surface area contributed by atoms with Crippen LogP contribution in [0, 0.1) is 0 Å². The minimum atomic E-state index is -2.86. The number of rotatable bonds is 4. The molecule has 0 aromatic carbocycles. The van der Waals surface area contributed by atoms with Crippen molar-refractivity contribution in [1.29, 1.82) is 0 Å². The Labute approximate surface area is 55.1 Å². The second kappa shape index (κ2) is 3.81. The monoisotopic (exact) mass is 153 g/mol. The maximum Gasteiger partial charge on any atom is 0.149 e. The quantitative estimate of drug-likeness (QED) is 0.423. The van der Waals surface area contributed by atoms with E-state index in [1.807, 2.05) is 0 Å². The van der Waals surface area contributed by atoms with Gasteiger partial charge in [-0.2, -0.15) is 0 Å². The Morgan fingerprint density at radius 2 is 2.11 bits per heavy atom. The molecule has 1 N–H and O–H groups in total. The molecule has 0 radical (unpaired) electrons. The average molecular weight is 153 g/mol. The van der Waals surface area contributed by atoms with Crippen LogP contribution in [0.15, 0.2) is 0 Å². The summed E-state index contributed by atoms with van der Waals surface area (Å²) in [5, 5.41) is 0. The lowest BCUT2D eigenvalue weighted by atomic mass is 10.9. The van der Waals surface area contributed by atoms with Crippen LogP contribution in [0.5, 0.6) is 0 Å². The highest BCUT2D eigenvalue weighted by molar-refractivity contribution is 7.90. The molecule has 0 aliphatic heterocycles. The van der Waals surface area contributed by atoms with Crippen LogP contribution in [0.25, 0.3) is 0 Å². The zero-order chi connectivity index (χ0) is 7.33. The highest BCUT2D eigenvalue weighted by Crippen LogP contribution is 1.80. The second-order valence-corrected chi connectivity index (χ2v) is 3.94. The fourth-order valence-corrected chi connectivity index (χ4v) is 0.681. The molecule has 4 nitrogen and oxygen atoms in total. The minimum absolute atomic E-state index is 0.0633. The third kappa shape index (κ3) is 7.87. The van der Waals surface area contributed by atoms with Gasteiger partial charge in [-0.15, -0.1) is 0 Å². The van der Waals surface area contributed by atoms with Crippen LogP contribution in [0.1, 0.15) is 0 Å². The molecule has 0 bridgehead atoms. The molecular formula is C4H11NO3S. The van der Waals surface area contributed by atoms with Gasteiger partial charge in [-0.05, 0) is 0 Å². The molecule has 0 aliphatic rings. The van der Waals surface area contributed by atoms with E-state index in [2.05, 4.69) is 10.3 Å². The standard InChI is InChI=1S/C4H11NO3S/c1-5-8-3-4-9(2,6)7/h5H,3-4H2,1-2H3. The van der Waals surface area contributed by atoms with E-state index < -0.39 is 9.84 Å². The van der Waals surface area contributed by atoms with E-state index in [1.54, 1.807) is 7.05 Å². The zero-order valence-electron chi connectivity index (χ0n) is 5.55. The zero-order valence-corrected chi connectivity index (χ0v) is 6.36. The maximum absolute atomic E-state index is 10.4. The van der Waals surface area contributed by atoms with Crippen LogP contribution < -0.4 is 5.48 Å². The summed E-state index contributed by atoms with van der Waals surface area (Å²) < 4.78 is 20.8. The third-order valence-corrected chi connectivity index (χ3v) is 1.61. The van der Waals surface area contributed by atoms with Gasteiger partial charge >= 0.3 is 0 Å². The molecule has 0 aliphatic carbocycles. The predicted octanol–water partition coefficient (Wildman–Crippen LogP) is -0.818. The van der Waals surface area contributed by atoms with Crippen LogP contribution in [0.2, 0.25) is 0 Å². The summed E-state index contributed by atoms with van der Waals surface area (Å²) in [5.74, 6) is 0.0633. The Morgan fingerprint density at radius 1 is 1.56 bits per heavy atom. The number of hydrogen-bond donors (Lipinski definition) is 1. The van der Waals surface area contributed by atoms with E-state index in [1.165, 1.54) is 6.26 Å². The van der Waals surface area contributed by atoms with Crippen molar-refractivity contribution in [3.8, 4) is 0 Å². The van der Waals surface area contributed by atoms with Gasteiger partial charge < -0.3 is 4.84 Å². The molecule has 0 atom stereocenters. The van der Waals surface area contributed by atoms with E-state index in [9.17, 15) is 8.42 Å². The molecule has 0 fully saturated rings. The smallest absolute Gasteiger partial charge is 0.149 e. The van der Waals surface area contributed by atoms with Crippen LogP contribution in [-0.4, -0.2) is 34.1 Å². The first-order valence-corrected chi connectivity index (χ1v) is 4.58. The summed E-state index contributed by atoms with van der Waals surface area (Å²) in [4.78, 5) is 4.58. The van der Waals surface area contributed by atoms with Gasteiger partial charge in [-0.3, -0.25) is 0 Å². The van der Waals surface area contributed by atoms with E-state index >= 15 is 0 Å². The summed E-state index contributed by atoms with van der Waals surface area (Å²) in [5.41, 5.74) is 2.38. The number of hydrogen-bond acceptors (Lipinski definition) is 4. The molecule has 9 heavy (non-hydrogen) atoms.